The summed E-state index contributed by atoms with van der Waals surface area (Å²) in [7, 11) is -1.32. The van der Waals surface area contributed by atoms with Crippen molar-refractivity contribution in [2.75, 3.05) is 12.7 Å². The second-order valence-corrected chi connectivity index (χ2v) is 4.82. The fraction of sp³-hybridized carbons (Fsp3) is 1.00. The summed E-state index contributed by atoms with van der Waals surface area (Å²) in [4.78, 5) is 0. The van der Waals surface area contributed by atoms with Gasteiger partial charge in [0.2, 0.25) is 0 Å². The summed E-state index contributed by atoms with van der Waals surface area (Å²) >= 11 is 0. The standard InChI is InChI=1S/C7H16N2O2P/c1-5(2)6-4-12(10)9-3-7(8)11-6/h5-7H,3-4,8H2,1-2H3,(H,9,10)/q+1. The Morgan fingerprint density at radius 3 is 2.92 bits per heavy atom. The molecule has 1 aliphatic heterocycles. The Hall–Kier alpha value is -0.0200. The molecule has 4 nitrogen and oxygen atoms in total. The summed E-state index contributed by atoms with van der Waals surface area (Å²) in [5.74, 6) is 0.370. The van der Waals surface area contributed by atoms with Crippen molar-refractivity contribution in [3.05, 3.63) is 0 Å². The van der Waals surface area contributed by atoms with Gasteiger partial charge >= 0.3 is 7.95 Å². The van der Waals surface area contributed by atoms with Crippen LogP contribution in [-0.4, -0.2) is 25.0 Å². The number of rotatable bonds is 1. The molecule has 1 saturated heterocycles. The monoisotopic (exact) mass is 191 g/mol. The van der Waals surface area contributed by atoms with Gasteiger partial charge in [-0.15, -0.1) is 5.09 Å². The lowest BCUT2D eigenvalue weighted by Crippen LogP contribution is -2.35. The smallest absolute Gasteiger partial charge is 0.354 e. The van der Waals surface area contributed by atoms with Crippen LogP contribution in [0.5, 0.6) is 0 Å². The molecule has 0 spiro atoms. The summed E-state index contributed by atoms with van der Waals surface area (Å²) in [6.07, 6.45) is 0.276. The van der Waals surface area contributed by atoms with Crippen LogP contribution in [0.3, 0.4) is 0 Å². The van der Waals surface area contributed by atoms with Crippen LogP contribution >= 0.6 is 7.95 Å². The van der Waals surface area contributed by atoms with E-state index in [2.05, 4.69) is 5.09 Å². The molecule has 0 amide bonds. The van der Waals surface area contributed by atoms with E-state index in [1.165, 1.54) is 0 Å². The predicted molar refractivity (Wildman–Crippen MR) is 48.2 cm³/mol. The topological polar surface area (TPSA) is 64.4 Å². The van der Waals surface area contributed by atoms with E-state index in [0.29, 0.717) is 18.6 Å². The van der Waals surface area contributed by atoms with Crippen LogP contribution in [0, 0.1) is 5.92 Å². The molecule has 3 unspecified atom stereocenters. The first kappa shape index (κ1) is 10.1. The highest BCUT2D eigenvalue weighted by molar-refractivity contribution is 7.42. The maximum Gasteiger partial charge on any atom is 0.434 e. The number of hydrogen-bond acceptors (Lipinski definition) is 3. The van der Waals surface area contributed by atoms with E-state index in [0.717, 1.165) is 0 Å². The summed E-state index contributed by atoms with van der Waals surface area (Å²) in [5.41, 5.74) is 5.61. The van der Waals surface area contributed by atoms with E-state index in [9.17, 15) is 4.57 Å². The maximum atomic E-state index is 11.2. The lowest BCUT2D eigenvalue weighted by atomic mass is 10.1. The first-order valence-electron chi connectivity index (χ1n) is 4.19. The molecule has 1 fully saturated rings. The van der Waals surface area contributed by atoms with Gasteiger partial charge in [-0.1, -0.05) is 18.4 Å². The van der Waals surface area contributed by atoms with E-state index < -0.39 is 7.95 Å². The van der Waals surface area contributed by atoms with Gasteiger partial charge in [-0.2, -0.15) is 0 Å². The van der Waals surface area contributed by atoms with Crippen molar-refractivity contribution in [3.63, 3.8) is 0 Å². The Balaban J connectivity index is 2.55. The Labute approximate surface area is 73.7 Å². The fourth-order valence-corrected chi connectivity index (χ4v) is 2.45. The average molecular weight is 191 g/mol. The molecular formula is C7H16N2O2P+. The van der Waals surface area contributed by atoms with E-state index in [1.807, 2.05) is 13.8 Å². The second-order valence-electron chi connectivity index (χ2n) is 3.38. The molecule has 0 aromatic rings. The highest BCUT2D eigenvalue weighted by atomic mass is 31.1. The predicted octanol–water partition coefficient (Wildman–Crippen LogP) is 0.658. The fourth-order valence-electron chi connectivity index (χ4n) is 1.10. The summed E-state index contributed by atoms with van der Waals surface area (Å²) in [5, 5.41) is 2.84. The van der Waals surface area contributed by atoms with Crippen molar-refractivity contribution in [2.45, 2.75) is 26.2 Å². The van der Waals surface area contributed by atoms with E-state index in [4.69, 9.17) is 10.5 Å². The van der Waals surface area contributed by atoms with Gasteiger partial charge in [0.05, 0.1) is 6.54 Å². The van der Waals surface area contributed by atoms with Gasteiger partial charge in [-0.05, 0) is 5.92 Å². The Morgan fingerprint density at radius 2 is 2.33 bits per heavy atom. The summed E-state index contributed by atoms with van der Waals surface area (Å²) < 4.78 is 16.7. The SMILES string of the molecule is CC(C)C1C[P+](=O)NCC(N)O1. The van der Waals surface area contributed by atoms with Gasteiger partial charge < -0.3 is 10.5 Å². The minimum absolute atomic E-state index is 0.0265. The Morgan fingerprint density at radius 1 is 1.67 bits per heavy atom. The van der Waals surface area contributed by atoms with Crippen molar-refractivity contribution >= 4 is 7.95 Å². The summed E-state index contributed by atoms with van der Waals surface area (Å²) in [6.45, 7) is 4.58. The number of nitrogens with two attached hydrogens (primary N) is 1. The quantitative estimate of drug-likeness (QED) is 0.597. The normalized spacial score (nSPS) is 35.2. The van der Waals surface area contributed by atoms with Gasteiger partial charge in [-0.25, -0.2) is 0 Å². The first-order valence-corrected chi connectivity index (χ1v) is 5.63. The molecule has 0 bridgehead atoms. The zero-order valence-electron chi connectivity index (χ0n) is 7.49. The minimum Gasteiger partial charge on any atom is -0.354 e. The van der Waals surface area contributed by atoms with Crippen LogP contribution < -0.4 is 10.8 Å². The lowest BCUT2D eigenvalue weighted by molar-refractivity contribution is -0.0125. The highest BCUT2D eigenvalue weighted by Gasteiger charge is 2.32. The lowest BCUT2D eigenvalue weighted by Gasteiger charge is -2.18. The van der Waals surface area contributed by atoms with Crippen molar-refractivity contribution in [2.24, 2.45) is 11.7 Å². The van der Waals surface area contributed by atoms with Crippen LogP contribution in [-0.2, 0) is 9.30 Å². The molecular weight excluding hydrogens is 175 g/mol. The molecule has 12 heavy (non-hydrogen) atoms. The van der Waals surface area contributed by atoms with Gasteiger partial charge in [0, 0.05) is 0 Å². The van der Waals surface area contributed by atoms with Crippen molar-refractivity contribution in [1.29, 1.82) is 0 Å². The van der Waals surface area contributed by atoms with Crippen LogP contribution in [0.4, 0.5) is 0 Å². The first-order chi connectivity index (χ1) is 5.59. The Kier molecular flexibility index (Phi) is 3.59. The summed E-state index contributed by atoms with van der Waals surface area (Å²) in [6, 6.07) is 0. The maximum absolute atomic E-state index is 11.2. The van der Waals surface area contributed by atoms with E-state index in [1.54, 1.807) is 0 Å². The third kappa shape index (κ3) is 2.79. The molecule has 5 heteroatoms. The second kappa shape index (κ2) is 4.28. The van der Waals surface area contributed by atoms with Crippen LogP contribution in [0.1, 0.15) is 13.8 Å². The molecule has 3 N–H and O–H groups in total. The molecule has 0 radical (unpaired) electrons. The Bertz CT molecular complexity index is 175. The van der Waals surface area contributed by atoms with Crippen LogP contribution in [0.25, 0.3) is 0 Å². The van der Waals surface area contributed by atoms with Crippen molar-refractivity contribution in [1.82, 2.24) is 5.09 Å². The van der Waals surface area contributed by atoms with Crippen molar-refractivity contribution in [3.8, 4) is 0 Å². The van der Waals surface area contributed by atoms with E-state index in [-0.39, 0.29) is 12.3 Å². The van der Waals surface area contributed by atoms with Gasteiger partial charge in [0.1, 0.15) is 12.3 Å². The highest BCUT2D eigenvalue weighted by Crippen LogP contribution is 2.24. The molecule has 3 atom stereocenters. The average Bonchev–Trinajstić information content (AvgIpc) is 2.13. The molecule has 0 aromatic heterocycles. The number of ether oxygens (including phenoxy) is 1. The molecule has 1 heterocycles. The van der Waals surface area contributed by atoms with Crippen molar-refractivity contribution < 1.29 is 9.30 Å². The third-order valence-electron chi connectivity index (χ3n) is 1.91. The molecule has 1 rings (SSSR count). The molecule has 1 aliphatic rings. The van der Waals surface area contributed by atoms with Crippen LogP contribution in [0.15, 0.2) is 0 Å². The van der Waals surface area contributed by atoms with Gasteiger partial charge in [0.15, 0.2) is 6.16 Å². The molecule has 70 valence electrons. The zero-order valence-corrected chi connectivity index (χ0v) is 8.38. The van der Waals surface area contributed by atoms with Gasteiger partial charge in [-0.3, -0.25) is 0 Å². The molecule has 0 aliphatic carbocycles. The minimum atomic E-state index is -1.32. The third-order valence-corrected chi connectivity index (χ3v) is 3.13. The number of nitrogens with one attached hydrogen (secondary N) is 1. The zero-order chi connectivity index (χ0) is 9.14. The largest absolute Gasteiger partial charge is 0.434 e. The van der Waals surface area contributed by atoms with Crippen LogP contribution in [0.2, 0.25) is 0 Å². The molecule has 0 saturated carbocycles. The van der Waals surface area contributed by atoms with E-state index >= 15 is 0 Å². The molecule has 0 aromatic carbocycles. The number of hydrogen-bond donors (Lipinski definition) is 2. The van der Waals surface area contributed by atoms with Gasteiger partial charge in [0.25, 0.3) is 0 Å².